The van der Waals surface area contributed by atoms with Crippen molar-refractivity contribution in [1.29, 1.82) is 0 Å². The normalized spacial score (nSPS) is 12.1. The van der Waals surface area contributed by atoms with Gasteiger partial charge in [-0.2, -0.15) is 0 Å². The highest BCUT2D eigenvalue weighted by atomic mass is 16.5. The highest BCUT2D eigenvalue weighted by Crippen LogP contribution is 2.27. The van der Waals surface area contributed by atoms with Crippen LogP contribution in [0.1, 0.15) is 69.0 Å². The molecule has 0 saturated heterocycles. The summed E-state index contributed by atoms with van der Waals surface area (Å²) in [5.74, 6) is -0.420. The van der Waals surface area contributed by atoms with Gasteiger partial charge in [-0.25, -0.2) is 9.78 Å². The maximum Gasteiger partial charge on any atom is 0.338 e. The zero-order valence-corrected chi connectivity index (χ0v) is 21.6. The summed E-state index contributed by atoms with van der Waals surface area (Å²) in [5, 5.41) is 0. The second kappa shape index (κ2) is 10.1. The number of rotatable bonds is 5. The maximum atomic E-state index is 12.4. The van der Waals surface area contributed by atoms with E-state index in [9.17, 15) is 4.79 Å². The number of benzene rings is 2. The van der Waals surface area contributed by atoms with E-state index in [1.165, 1.54) is 18.2 Å². The molecule has 5 nitrogen and oxygen atoms in total. The summed E-state index contributed by atoms with van der Waals surface area (Å²) in [7, 11) is 1.38. The van der Waals surface area contributed by atoms with Crippen LogP contribution in [0.5, 0.6) is 0 Å². The van der Waals surface area contributed by atoms with Gasteiger partial charge in [-0.3, -0.25) is 9.98 Å². The second-order valence-electron chi connectivity index (χ2n) is 9.01. The number of aryl methyl sites for hydroxylation is 6. The van der Waals surface area contributed by atoms with Crippen molar-refractivity contribution in [3.63, 3.8) is 0 Å². The van der Waals surface area contributed by atoms with Crippen molar-refractivity contribution in [2.45, 2.75) is 55.4 Å². The molecule has 0 aliphatic heterocycles. The third-order valence-corrected chi connectivity index (χ3v) is 5.82. The van der Waals surface area contributed by atoms with Crippen molar-refractivity contribution in [2.75, 3.05) is 7.11 Å². The number of methoxy groups -OCH3 is 1. The van der Waals surface area contributed by atoms with Crippen molar-refractivity contribution in [1.82, 2.24) is 4.98 Å². The molecule has 0 atom stereocenters. The van der Waals surface area contributed by atoms with Gasteiger partial charge in [0.2, 0.25) is 0 Å². The zero-order chi connectivity index (χ0) is 25.2. The van der Waals surface area contributed by atoms with Gasteiger partial charge in [-0.15, -0.1) is 0 Å². The number of carbonyl (C=O) groups is 1. The lowest BCUT2D eigenvalue weighted by Gasteiger charge is -2.12. The van der Waals surface area contributed by atoms with Gasteiger partial charge >= 0.3 is 5.97 Å². The van der Waals surface area contributed by atoms with E-state index in [-0.39, 0.29) is 0 Å². The van der Waals surface area contributed by atoms with Crippen molar-refractivity contribution in [3.05, 3.63) is 86.7 Å². The average molecular weight is 456 g/mol. The monoisotopic (exact) mass is 455 g/mol. The Bertz CT molecular complexity index is 1200. The van der Waals surface area contributed by atoms with E-state index in [1.807, 2.05) is 13.8 Å². The molecule has 176 valence electrons. The molecule has 1 heterocycles. The molecule has 0 unspecified atom stereocenters. The number of hydrogen-bond donors (Lipinski definition) is 0. The highest BCUT2D eigenvalue weighted by molar-refractivity contribution is 6.05. The molecule has 0 aliphatic carbocycles. The molecule has 5 heteroatoms. The van der Waals surface area contributed by atoms with E-state index in [0.717, 1.165) is 45.1 Å². The number of esters is 1. The van der Waals surface area contributed by atoms with Crippen LogP contribution < -0.4 is 0 Å². The molecule has 34 heavy (non-hydrogen) atoms. The predicted molar refractivity (Wildman–Crippen MR) is 141 cm³/mol. The molecule has 0 N–H and O–H groups in total. The third kappa shape index (κ3) is 5.48. The summed E-state index contributed by atoms with van der Waals surface area (Å²) in [6.07, 6.45) is 0. The minimum Gasteiger partial charge on any atom is -0.465 e. The number of aliphatic imine (C=N–C) groups is 2. The molecular weight excluding hydrogens is 422 g/mol. The lowest BCUT2D eigenvalue weighted by Crippen LogP contribution is -2.11. The van der Waals surface area contributed by atoms with E-state index in [1.54, 1.807) is 12.1 Å². The van der Waals surface area contributed by atoms with Crippen LogP contribution >= 0.6 is 0 Å². The maximum absolute atomic E-state index is 12.4. The fraction of sp³-hybridized carbons (Fsp3) is 0.310. The molecule has 2 aromatic carbocycles. The molecule has 0 fully saturated rings. The quantitative estimate of drug-likeness (QED) is 0.307. The number of ether oxygens (including phenoxy) is 1. The summed E-state index contributed by atoms with van der Waals surface area (Å²) in [5.41, 5.74) is 11.7. The summed E-state index contributed by atoms with van der Waals surface area (Å²) < 4.78 is 5.00. The Balaban J connectivity index is 2.15. The van der Waals surface area contributed by atoms with Gasteiger partial charge in [0.1, 0.15) is 0 Å². The lowest BCUT2D eigenvalue weighted by atomic mass is 10.0. The van der Waals surface area contributed by atoms with Gasteiger partial charge in [0.15, 0.2) is 0 Å². The first kappa shape index (κ1) is 25.0. The Hall–Kier alpha value is -3.60. The molecule has 0 radical (unpaired) electrons. The first-order chi connectivity index (χ1) is 16.0. The predicted octanol–water partition coefficient (Wildman–Crippen LogP) is 7.00. The van der Waals surface area contributed by atoms with Crippen molar-refractivity contribution >= 4 is 28.8 Å². The highest BCUT2D eigenvalue weighted by Gasteiger charge is 2.15. The van der Waals surface area contributed by atoms with E-state index >= 15 is 0 Å². The SMILES string of the molecule is COC(=O)c1cc(C(C)=Nc2c(C)cc(C)cc2C)nc(C(C)=Nc2c(C)cc(C)cc2C)c1. The van der Waals surface area contributed by atoms with Crippen molar-refractivity contribution in [3.8, 4) is 0 Å². The van der Waals surface area contributed by atoms with Crippen molar-refractivity contribution in [2.24, 2.45) is 9.98 Å². The van der Waals surface area contributed by atoms with E-state index in [2.05, 4.69) is 65.8 Å². The summed E-state index contributed by atoms with van der Waals surface area (Å²) >= 11 is 0. The first-order valence-electron chi connectivity index (χ1n) is 11.4. The van der Waals surface area contributed by atoms with Crippen LogP contribution in [0.3, 0.4) is 0 Å². The number of nitrogens with zero attached hydrogens (tertiary/aromatic N) is 3. The number of carbonyl (C=O) groups excluding carboxylic acids is 1. The Kier molecular flexibility index (Phi) is 7.45. The summed E-state index contributed by atoms with van der Waals surface area (Å²) in [6.45, 7) is 16.2. The van der Waals surface area contributed by atoms with Gasteiger partial charge in [0.25, 0.3) is 0 Å². The van der Waals surface area contributed by atoms with Crippen LogP contribution in [0.4, 0.5) is 11.4 Å². The Morgan fingerprint density at radius 1 is 0.676 bits per heavy atom. The molecule has 0 bridgehead atoms. The van der Waals surface area contributed by atoms with Crippen LogP contribution in [0, 0.1) is 41.5 Å². The largest absolute Gasteiger partial charge is 0.465 e. The summed E-state index contributed by atoms with van der Waals surface area (Å²) in [6, 6.07) is 11.9. The Labute approximate surface area is 202 Å². The smallest absolute Gasteiger partial charge is 0.338 e. The van der Waals surface area contributed by atoms with E-state index in [0.29, 0.717) is 17.0 Å². The van der Waals surface area contributed by atoms with Gasteiger partial charge in [0.05, 0.1) is 46.9 Å². The fourth-order valence-electron chi connectivity index (χ4n) is 4.28. The number of aromatic nitrogens is 1. The van der Waals surface area contributed by atoms with Crippen LogP contribution in [0.15, 0.2) is 46.4 Å². The molecule has 1 aromatic heterocycles. The molecule has 0 saturated carbocycles. The summed E-state index contributed by atoms with van der Waals surface area (Å²) in [4.78, 5) is 27.0. The standard InChI is InChI=1S/C29H33N3O2/c1-16-10-18(3)27(19(4)11-16)30-22(7)25-14-24(29(33)34-9)15-26(32-25)23(8)31-28-20(5)12-17(2)13-21(28)6/h10-15H,1-9H3. The van der Waals surface area contributed by atoms with Crippen molar-refractivity contribution < 1.29 is 9.53 Å². The van der Waals surface area contributed by atoms with Crippen LogP contribution in [0.25, 0.3) is 0 Å². The fourth-order valence-corrected chi connectivity index (χ4v) is 4.28. The van der Waals surface area contributed by atoms with E-state index in [4.69, 9.17) is 19.7 Å². The van der Waals surface area contributed by atoms with Crippen LogP contribution in [-0.2, 0) is 4.74 Å². The molecule has 3 rings (SSSR count). The minimum absolute atomic E-state index is 0.418. The topological polar surface area (TPSA) is 63.9 Å². The first-order valence-corrected chi connectivity index (χ1v) is 11.4. The average Bonchev–Trinajstić information content (AvgIpc) is 2.77. The van der Waals surface area contributed by atoms with Gasteiger partial charge < -0.3 is 4.74 Å². The van der Waals surface area contributed by atoms with Gasteiger partial charge in [-0.1, -0.05) is 35.4 Å². The van der Waals surface area contributed by atoms with Gasteiger partial charge in [-0.05, 0) is 89.8 Å². The van der Waals surface area contributed by atoms with Crippen LogP contribution in [-0.4, -0.2) is 29.5 Å². The zero-order valence-electron chi connectivity index (χ0n) is 21.6. The molecular formula is C29H33N3O2. The number of pyridine rings is 1. The lowest BCUT2D eigenvalue weighted by molar-refractivity contribution is 0.0600. The molecule has 0 aliphatic rings. The number of hydrogen-bond acceptors (Lipinski definition) is 5. The van der Waals surface area contributed by atoms with Gasteiger partial charge in [0, 0.05) is 0 Å². The molecule has 0 amide bonds. The second-order valence-corrected chi connectivity index (χ2v) is 9.01. The molecule has 0 spiro atoms. The Morgan fingerprint density at radius 3 is 1.35 bits per heavy atom. The third-order valence-electron chi connectivity index (χ3n) is 5.82. The molecule has 3 aromatic rings. The minimum atomic E-state index is -0.420. The van der Waals surface area contributed by atoms with E-state index < -0.39 is 5.97 Å². The van der Waals surface area contributed by atoms with Crippen LogP contribution in [0.2, 0.25) is 0 Å². The Morgan fingerprint density at radius 2 is 1.03 bits per heavy atom.